The van der Waals surface area contributed by atoms with E-state index in [-0.39, 0.29) is 5.56 Å². The lowest BCUT2D eigenvalue weighted by Gasteiger charge is -2.27. The van der Waals surface area contributed by atoms with Gasteiger partial charge in [-0.2, -0.15) is 0 Å². The van der Waals surface area contributed by atoms with Crippen LogP contribution in [-0.2, 0) is 11.3 Å². The highest BCUT2D eigenvalue weighted by atomic mass is 32.1. The number of hydrogen-bond donors (Lipinski definition) is 2. The van der Waals surface area contributed by atoms with Crippen LogP contribution in [0.4, 0.5) is 5.69 Å². The zero-order valence-electron chi connectivity index (χ0n) is 19.9. The summed E-state index contributed by atoms with van der Waals surface area (Å²) in [4.78, 5) is 32.0. The molecule has 0 aliphatic rings. The van der Waals surface area contributed by atoms with Gasteiger partial charge in [-0.25, -0.2) is 4.79 Å². The van der Waals surface area contributed by atoms with Gasteiger partial charge in [0.2, 0.25) is 0 Å². The predicted octanol–water partition coefficient (Wildman–Crippen LogP) is 3.47. The number of anilines is 1. The number of aromatic nitrogens is 1. The van der Waals surface area contributed by atoms with E-state index >= 15 is 0 Å². The van der Waals surface area contributed by atoms with Crippen LogP contribution < -0.4 is 15.6 Å². The zero-order valence-corrected chi connectivity index (χ0v) is 20.7. The van der Waals surface area contributed by atoms with Gasteiger partial charge in [0.1, 0.15) is 5.75 Å². The van der Waals surface area contributed by atoms with Gasteiger partial charge >= 0.3 is 5.97 Å². The fourth-order valence-corrected chi connectivity index (χ4v) is 3.85. The Bertz CT molecular complexity index is 1230. The van der Waals surface area contributed by atoms with E-state index in [2.05, 4.69) is 15.2 Å². The van der Waals surface area contributed by atoms with Crippen molar-refractivity contribution >= 4 is 39.9 Å². The molecular formula is C25H30N4O4S. The van der Waals surface area contributed by atoms with E-state index in [1.54, 1.807) is 31.4 Å². The zero-order chi connectivity index (χ0) is 24.7. The molecule has 9 heteroatoms. The molecule has 0 bridgehead atoms. The number of carbonyl (C=O) groups is 1. The molecule has 0 saturated heterocycles. The van der Waals surface area contributed by atoms with Crippen LogP contribution in [0.5, 0.6) is 5.75 Å². The summed E-state index contributed by atoms with van der Waals surface area (Å²) in [5, 5.41) is 4.49. The molecule has 2 aromatic carbocycles. The first-order chi connectivity index (χ1) is 16.3. The topological polar surface area (TPSA) is 86.9 Å². The molecule has 0 unspecified atom stereocenters. The Hall–Kier alpha value is -3.43. The quantitative estimate of drug-likeness (QED) is 0.354. The molecule has 180 valence electrons. The number of ether oxygens (including phenoxy) is 2. The van der Waals surface area contributed by atoms with Crippen LogP contribution in [0.2, 0.25) is 0 Å². The fourth-order valence-electron chi connectivity index (χ4n) is 3.58. The highest BCUT2D eigenvalue weighted by molar-refractivity contribution is 7.80. The summed E-state index contributed by atoms with van der Waals surface area (Å²) >= 11 is 5.71. The normalized spacial score (nSPS) is 10.9. The Morgan fingerprint density at radius 1 is 1.09 bits per heavy atom. The van der Waals surface area contributed by atoms with Crippen LogP contribution in [0.15, 0.2) is 53.3 Å². The second kappa shape index (κ2) is 11.6. The van der Waals surface area contributed by atoms with Gasteiger partial charge < -0.3 is 29.6 Å². The number of rotatable bonds is 9. The minimum Gasteiger partial charge on any atom is -0.497 e. The van der Waals surface area contributed by atoms with Crippen molar-refractivity contribution in [2.75, 3.05) is 46.7 Å². The van der Waals surface area contributed by atoms with E-state index in [1.807, 2.05) is 43.3 Å². The van der Waals surface area contributed by atoms with Crippen molar-refractivity contribution in [3.63, 3.8) is 0 Å². The molecule has 0 aliphatic carbocycles. The van der Waals surface area contributed by atoms with E-state index in [0.29, 0.717) is 46.3 Å². The summed E-state index contributed by atoms with van der Waals surface area (Å²) in [6.45, 7) is 1.81. The second-order valence-corrected chi connectivity index (χ2v) is 8.51. The number of hydrogen-bond acceptors (Lipinski definition) is 6. The maximum atomic E-state index is 12.9. The molecular weight excluding hydrogens is 452 g/mol. The van der Waals surface area contributed by atoms with Gasteiger partial charge in [0.25, 0.3) is 5.56 Å². The van der Waals surface area contributed by atoms with E-state index in [0.717, 1.165) is 18.4 Å². The third-order valence-electron chi connectivity index (χ3n) is 5.39. The van der Waals surface area contributed by atoms with E-state index < -0.39 is 5.97 Å². The van der Waals surface area contributed by atoms with Gasteiger partial charge in [-0.1, -0.05) is 12.1 Å². The number of benzene rings is 2. The van der Waals surface area contributed by atoms with E-state index in [4.69, 9.17) is 21.7 Å². The lowest BCUT2D eigenvalue weighted by Crippen LogP contribution is -2.38. The van der Waals surface area contributed by atoms with Crippen molar-refractivity contribution < 1.29 is 14.3 Å². The van der Waals surface area contributed by atoms with E-state index in [9.17, 15) is 9.59 Å². The second-order valence-electron chi connectivity index (χ2n) is 8.12. The Morgan fingerprint density at radius 3 is 2.56 bits per heavy atom. The lowest BCUT2D eigenvalue weighted by molar-refractivity contribution is 0.0602. The maximum Gasteiger partial charge on any atom is 0.339 e. The highest BCUT2D eigenvalue weighted by Crippen LogP contribution is 2.20. The lowest BCUT2D eigenvalue weighted by atomic mass is 10.1. The first kappa shape index (κ1) is 25.2. The number of aromatic amines is 1. The summed E-state index contributed by atoms with van der Waals surface area (Å²) in [7, 11) is 6.95. The summed E-state index contributed by atoms with van der Waals surface area (Å²) in [6.07, 6.45) is 0.843. The van der Waals surface area contributed by atoms with Crippen LogP contribution in [0, 0.1) is 0 Å². The molecule has 2 N–H and O–H groups in total. The van der Waals surface area contributed by atoms with Crippen LogP contribution in [0.25, 0.3) is 10.9 Å². The van der Waals surface area contributed by atoms with Crippen molar-refractivity contribution in [3.05, 3.63) is 70.0 Å². The van der Waals surface area contributed by atoms with E-state index in [1.165, 1.54) is 7.11 Å². The molecule has 34 heavy (non-hydrogen) atoms. The van der Waals surface area contributed by atoms with Crippen molar-refractivity contribution in [2.45, 2.75) is 13.0 Å². The van der Waals surface area contributed by atoms with Crippen molar-refractivity contribution in [1.29, 1.82) is 0 Å². The number of H-pyrrole nitrogens is 1. The minimum atomic E-state index is -0.452. The summed E-state index contributed by atoms with van der Waals surface area (Å²) in [6, 6.07) is 14.5. The summed E-state index contributed by atoms with van der Waals surface area (Å²) in [5.74, 6) is 0.224. The standard InChI is InChI=1S/C25H30N4O4S/c1-28(2)12-7-13-29(25(34)27-21-9-6-5-8-20(21)24(31)33-4)16-18-14-17-10-11-19(32-3)15-22(17)26-23(18)30/h5-6,8-11,14-15H,7,12-13,16H2,1-4H3,(H,26,30)(H,27,34). The number of nitrogens with zero attached hydrogens (tertiary/aromatic N) is 2. The Morgan fingerprint density at radius 2 is 1.85 bits per heavy atom. The third-order valence-corrected chi connectivity index (χ3v) is 5.75. The molecule has 0 amide bonds. The van der Waals surface area contributed by atoms with Crippen LogP contribution in [-0.4, -0.2) is 67.3 Å². The minimum absolute atomic E-state index is 0.184. The molecule has 3 rings (SSSR count). The number of thiocarbonyl (C=S) groups is 1. The molecule has 0 fully saturated rings. The van der Waals surface area contributed by atoms with Crippen LogP contribution in [0.3, 0.4) is 0 Å². The Balaban J connectivity index is 1.88. The maximum absolute atomic E-state index is 12.9. The fraction of sp³-hybridized carbons (Fsp3) is 0.320. The predicted molar refractivity (Wildman–Crippen MR) is 139 cm³/mol. The number of pyridine rings is 1. The highest BCUT2D eigenvalue weighted by Gasteiger charge is 2.17. The molecule has 0 atom stereocenters. The van der Waals surface area contributed by atoms with Gasteiger partial charge in [0.05, 0.1) is 37.5 Å². The number of carbonyl (C=O) groups excluding carboxylic acids is 1. The molecule has 0 spiro atoms. The smallest absolute Gasteiger partial charge is 0.339 e. The number of para-hydroxylation sites is 1. The number of nitrogens with one attached hydrogen (secondary N) is 2. The molecule has 1 heterocycles. The summed E-state index contributed by atoms with van der Waals surface area (Å²) < 4.78 is 10.1. The molecule has 8 nitrogen and oxygen atoms in total. The van der Waals surface area contributed by atoms with Gasteiger partial charge in [0.15, 0.2) is 5.11 Å². The number of fused-ring (bicyclic) bond motifs is 1. The molecule has 0 aliphatic heterocycles. The molecule has 1 aromatic heterocycles. The Labute approximate surface area is 204 Å². The average molecular weight is 483 g/mol. The largest absolute Gasteiger partial charge is 0.497 e. The van der Waals surface area contributed by atoms with Gasteiger partial charge in [-0.3, -0.25) is 4.79 Å². The first-order valence-electron chi connectivity index (χ1n) is 10.9. The third kappa shape index (κ3) is 6.33. The SMILES string of the molecule is COC(=O)c1ccccc1NC(=S)N(CCCN(C)C)Cc1cc2ccc(OC)cc2[nH]c1=O. The number of esters is 1. The van der Waals surface area contributed by atoms with Crippen LogP contribution >= 0.6 is 12.2 Å². The van der Waals surface area contributed by atoms with Gasteiger partial charge in [-0.15, -0.1) is 0 Å². The Kier molecular flexibility index (Phi) is 8.61. The number of methoxy groups -OCH3 is 2. The van der Waals surface area contributed by atoms with Gasteiger partial charge in [0, 0.05) is 18.2 Å². The van der Waals surface area contributed by atoms with Crippen molar-refractivity contribution in [2.24, 2.45) is 0 Å². The molecule has 0 radical (unpaired) electrons. The van der Waals surface area contributed by atoms with Crippen molar-refractivity contribution in [3.8, 4) is 5.75 Å². The first-order valence-corrected chi connectivity index (χ1v) is 11.3. The summed E-state index contributed by atoms with van der Waals surface area (Å²) in [5.41, 5.74) is 2.05. The van der Waals surface area contributed by atoms with Gasteiger partial charge in [-0.05, 0) is 75.0 Å². The van der Waals surface area contributed by atoms with Crippen LogP contribution in [0.1, 0.15) is 22.3 Å². The average Bonchev–Trinajstić information content (AvgIpc) is 2.83. The molecule has 3 aromatic rings. The van der Waals surface area contributed by atoms with Crippen molar-refractivity contribution in [1.82, 2.24) is 14.8 Å². The molecule has 0 saturated carbocycles. The monoisotopic (exact) mass is 482 g/mol.